The molecule has 0 spiro atoms. The lowest BCUT2D eigenvalue weighted by Gasteiger charge is -2.20. The van der Waals surface area contributed by atoms with Crippen molar-refractivity contribution in [2.75, 3.05) is 0 Å². The van der Waals surface area contributed by atoms with Crippen LogP contribution in [0.5, 0.6) is 0 Å². The molecule has 0 bridgehead atoms. The highest BCUT2D eigenvalue weighted by molar-refractivity contribution is 7.71. The van der Waals surface area contributed by atoms with Crippen molar-refractivity contribution in [1.29, 1.82) is 0 Å². The van der Waals surface area contributed by atoms with Gasteiger partial charge in [-0.1, -0.05) is 0 Å². The van der Waals surface area contributed by atoms with Crippen LogP contribution in [-0.4, -0.2) is 24.5 Å². The van der Waals surface area contributed by atoms with Crippen LogP contribution >= 0.6 is 0 Å². The Bertz CT molecular complexity index is 255. The molecule has 3 nitrogen and oxygen atoms in total. The Morgan fingerprint density at radius 2 is 2.27 bits per heavy atom. The molecule has 4 heteroatoms. The molecule has 1 aliphatic carbocycles. The first-order chi connectivity index (χ1) is 5.02. The Morgan fingerprint density at radius 1 is 1.64 bits per heavy atom. The monoisotopic (exact) mass is 176 g/mol. The molecule has 1 aliphatic rings. The van der Waals surface area contributed by atoms with Gasteiger partial charge < -0.3 is 5.11 Å². The van der Waals surface area contributed by atoms with Crippen LogP contribution < -0.4 is 0 Å². The minimum atomic E-state index is -2.14. The summed E-state index contributed by atoms with van der Waals surface area (Å²) >= 11 is 0. The Kier molecular flexibility index (Phi) is 2.34. The van der Waals surface area contributed by atoms with E-state index in [4.69, 9.17) is 0 Å². The standard InChI is InChI=1S/C7H12O3S/c1-7(8)4-2-3-6(7)5-11(9)10/h5-6,8H,2-4H2,1H3. The summed E-state index contributed by atoms with van der Waals surface area (Å²) in [5.74, 6) is -0.180. The maximum absolute atomic E-state index is 10.3. The van der Waals surface area contributed by atoms with E-state index in [2.05, 4.69) is 0 Å². The summed E-state index contributed by atoms with van der Waals surface area (Å²) in [7, 11) is -2.14. The van der Waals surface area contributed by atoms with Crippen molar-refractivity contribution in [2.45, 2.75) is 31.8 Å². The van der Waals surface area contributed by atoms with Crippen molar-refractivity contribution in [3.05, 3.63) is 0 Å². The van der Waals surface area contributed by atoms with Gasteiger partial charge in [-0.25, -0.2) is 0 Å². The molecule has 11 heavy (non-hydrogen) atoms. The molecule has 1 fully saturated rings. The van der Waals surface area contributed by atoms with E-state index in [-0.39, 0.29) is 5.92 Å². The van der Waals surface area contributed by atoms with E-state index in [1.807, 2.05) is 0 Å². The SMILES string of the molecule is CC1(O)CCCC1C=S(=O)=O. The van der Waals surface area contributed by atoms with Crippen molar-refractivity contribution < 1.29 is 13.5 Å². The summed E-state index contributed by atoms with van der Waals surface area (Å²) < 4.78 is 20.6. The molecule has 0 heterocycles. The fourth-order valence-corrected chi connectivity index (χ4v) is 2.22. The zero-order valence-electron chi connectivity index (χ0n) is 6.45. The lowest BCUT2D eigenvalue weighted by molar-refractivity contribution is 0.0476. The molecular weight excluding hydrogens is 164 g/mol. The first-order valence-electron chi connectivity index (χ1n) is 3.68. The molecule has 0 aromatic carbocycles. The van der Waals surface area contributed by atoms with Crippen LogP contribution in [0.2, 0.25) is 0 Å². The molecule has 0 aromatic rings. The van der Waals surface area contributed by atoms with Crippen molar-refractivity contribution in [1.82, 2.24) is 0 Å². The van der Waals surface area contributed by atoms with E-state index in [0.717, 1.165) is 12.8 Å². The largest absolute Gasteiger partial charge is 0.390 e. The fraction of sp³-hybridized carbons (Fsp3) is 0.857. The lowest BCUT2D eigenvalue weighted by atomic mass is 9.95. The summed E-state index contributed by atoms with van der Waals surface area (Å²) in [6, 6.07) is 0. The van der Waals surface area contributed by atoms with Crippen LogP contribution in [0.25, 0.3) is 0 Å². The number of hydrogen-bond acceptors (Lipinski definition) is 3. The number of aliphatic hydroxyl groups is 1. The Hall–Kier alpha value is -0.350. The molecule has 0 aliphatic heterocycles. The third-order valence-electron chi connectivity index (χ3n) is 2.27. The third-order valence-corrected chi connectivity index (χ3v) is 2.82. The van der Waals surface area contributed by atoms with Crippen LogP contribution in [-0.2, 0) is 10.3 Å². The van der Waals surface area contributed by atoms with Crippen LogP contribution in [0.15, 0.2) is 0 Å². The summed E-state index contributed by atoms with van der Waals surface area (Å²) in [5, 5.41) is 10.8. The summed E-state index contributed by atoms with van der Waals surface area (Å²) in [6.07, 6.45) is 2.39. The Morgan fingerprint density at radius 3 is 2.64 bits per heavy atom. The maximum atomic E-state index is 10.3. The second kappa shape index (κ2) is 2.95. The quantitative estimate of drug-likeness (QED) is 0.581. The minimum Gasteiger partial charge on any atom is -0.390 e. The molecule has 64 valence electrons. The Balaban J connectivity index is 2.82. The molecule has 0 amide bonds. The van der Waals surface area contributed by atoms with Gasteiger partial charge in [0.05, 0.1) is 5.60 Å². The molecule has 2 unspecified atom stereocenters. The summed E-state index contributed by atoms with van der Waals surface area (Å²) in [4.78, 5) is 0. The van der Waals surface area contributed by atoms with Crippen LogP contribution in [0.3, 0.4) is 0 Å². The highest BCUT2D eigenvalue weighted by atomic mass is 32.2. The summed E-state index contributed by atoms with van der Waals surface area (Å²) in [5.41, 5.74) is -0.805. The fourth-order valence-electron chi connectivity index (χ4n) is 1.52. The zero-order chi connectivity index (χ0) is 8.48. The van der Waals surface area contributed by atoms with Crippen molar-refractivity contribution in [2.24, 2.45) is 5.92 Å². The van der Waals surface area contributed by atoms with Crippen LogP contribution in [0.1, 0.15) is 26.2 Å². The minimum absolute atomic E-state index is 0.180. The highest BCUT2D eigenvalue weighted by Crippen LogP contribution is 2.33. The summed E-state index contributed by atoms with van der Waals surface area (Å²) in [6.45, 7) is 1.69. The predicted molar refractivity (Wildman–Crippen MR) is 42.9 cm³/mol. The van der Waals surface area contributed by atoms with Gasteiger partial charge in [0.25, 0.3) is 0 Å². The molecule has 0 aromatic heterocycles. The second-order valence-corrected chi connectivity index (χ2v) is 4.05. The molecule has 0 saturated heterocycles. The predicted octanol–water partition coefficient (Wildman–Crippen LogP) is 0.219. The van der Waals surface area contributed by atoms with E-state index >= 15 is 0 Å². The van der Waals surface area contributed by atoms with Gasteiger partial charge in [-0.2, -0.15) is 8.42 Å². The van der Waals surface area contributed by atoms with Gasteiger partial charge in [0.2, 0.25) is 10.3 Å². The normalized spacial score (nSPS) is 37.1. The molecule has 1 saturated carbocycles. The second-order valence-electron chi connectivity index (χ2n) is 3.25. The number of hydrogen-bond donors (Lipinski definition) is 1. The maximum Gasteiger partial charge on any atom is 0.210 e. The first-order valence-corrected chi connectivity index (χ1v) is 4.81. The van der Waals surface area contributed by atoms with E-state index < -0.39 is 15.9 Å². The first kappa shape index (κ1) is 8.74. The molecule has 1 rings (SSSR count). The van der Waals surface area contributed by atoms with Crippen molar-refractivity contribution in [3.63, 3.8) is 0 Å². The average Bonchev–Trinajstić information content (AvgIpc) is 2.10. The number of rotatable bonds is 1. The van der Waals surface area contributed by atoms with Crippen LogP contribution in [0, 0.1) is 5.92 Å². The molecule has 0 radical (unpaired) electrons. The van der Waals surface area contributed by atoms with E-state index in [1.165, 1.54) is 5.37 Å². The van der Waals surface area contributed by atoms with E-state index in [9.17, 15) is 13.5 Å². The third kappa shape index (κ3) is 2.04. The van der Waals surface area contributed by atoms with E-state index in [0.29, 0.717) is 6.42 Å². The molecule has 1 N–H and O–H groups in total. The lowest BCUT2D eigenvalue weighted by Crippen LogP contribution is -2.29. The van der Waals surface area contributed by atoms with Gasteiger partial charge in [-0.15, -0.1) is 0 Å². The van der Waals surface area contributed by atoms with Gasteiger partial charge in [0.1, 0.15) is 0 Å². The van der Waals surface area contributed by atoms with Crippen molar-refractivity contribution >= 4 is 15.7 Å². The smallest absolute Gasteiger partial charge is 0.210 e. The van der Waals surface area contributed by atoms with E-state index in [1.54, 1.807) is 6.92 Å². The highest BCUT2D eigenvalue weighted by Gasteiger charge is 2.35. The van der Waals surface area contributed by atoms with Gasteiger partial charge in [-0.05, 0) is 26.2 Å². The van der Waals surface area contributed by atoms with Gasteiger partial charge >= 0.3 is 0 Å². The topological polar surface area (TPSA) is 54.4 Å². The zero-order valence-corrected chi connectivity index (χ0v) is 7.26. The Labute approximate surface area is 67.6 Å². The van der Waals surface area contributed by atoms with Gasteiger partial charge in [0, 0.05) is 11.3 Å². The van der Waals surface area contributed by atoms with Crippen LogP contribution in [0.4, 0.5) is 0 Å². The van der Waals surface area contributed by atoms with Gasteiger partial charge in [-0.3, -0.25) is 0 Å². The average molecular weight is 176 g/mol. The molecular formula is C7H12O3S. The van der Waals surface area contributed by atoms with Crippen molar-refractivity contribution in [3.8, 4) is 0 Å². The van der Waals surface area contributed by atoms with Gasteiger partial charge in [0.15, 0.2) is 0 Å². The molecule has 2 atom stereocenters.